The molecule has 3 nitrogen and oxygen atoms in total. The molecule has 1 aromatic rings. The third kappa shape index (κ3) is 8.20. The van der Waals surface area contributed by atoms with Gasteiger partial charge in [0.25, 0.3) is 0 Å². The second kappa shape index (κ2) is 12.2. The van der Waals surface area contributed by atoms with Crippen LogP contribution in [0.3, 0.4) is 0 Å². The van der Waals surface area contributed by atoms with Crippen LogP contribution in [0.5, 0.6) is 0 Å². The summed E-state index contributed by atoms with van der Waals surface area (Å²) in [6.07, 6.45) is 4.15. The summed E-state index contributed by atoms with van der Waals surface area (Å²) in [5, 5.41) is 0.812. The molecule has 0 saturated carbocycles. The van der Waals surface area contributed by atoms with E-state index in [1.165, 1.54) is 11.1 Å². The van der Waals surface area contributed by atoms with E-state index in [1.54, 1.807) is 4.90 Å². The average Bonchev–Trinajstić information content (AvgIpc) is 2.58. The van der Waals surface area contributed by atoms with E-state index in [2.05, 4.69) is 19.9 Å². The van der Waals surface area contributed by atoms with Gasteiger partial charge in [0, 0.05) is 18.1 Å². The van der Waals surface area contributed by atoms with Crippen molar-refractivity contribution in [2.75, 3.05) is 19.6 Å². The van der Waals surface area contributed by atoms with Crippen LogP contribution in [0.15, 0.2) is 35.9 Å². The molecule has 0 spiro atoms. The van der Waals surface area contributed by atoms with Crippen LogP contribution in [0.4, 0.5) is 0 Å². The molecule has 1 aromatic carbocycles. The Morgan fingerprint density at radius 1 is 1.27 bits per heavy atom. The second-order valence-corrected chi connectivity index (χ2v) is 5.26. The molecule has 0 bridgehead atoms. The summed E-state index contributed by atoms with van der Waals surface area (Å²) in [5.41, 5.74) is 7.93. The molecule has 0 aliphatic carbocycles. The second-order valence-electron chi connectivity index (χ2n) is 4.82. The Morgan fingerprint density at radius 3 is 2.27 bits per heavy atom. The Balaban J connectivity index is 0.000000366. The highest BCUT2D eigenvalue weighted by atomic mass is 35.5. The van der Waals surface area contributed by atoms with Gasteiger partial charge in [0.2, 0.25) is 5.91 Å². The number of rotatable bonds is 2. The zero-order chi connectivity index (χ0) is 17.0. The largest absolute Gasteiger partial charge is 0.338 e. The maximum absolute atomic E-state index is 11.0. The van der Waals surface area contributed by atoms with E-state index in [4.69, 9.17) is 17.3 Å². The maximum atomic E-state index is 11.0. The summed E-state index contributed by atoms with van der Waals surface area (Å²) in [4.78, 5) is 12.8. The van der Waals surface area contributed by atoms with E-state index >= 15 is 0 Å². The van der Waals surface area contributed by atoms with E-state index in [-0.39, 0.29) is 12.5 Å². The summed E-state index contributed by atoms with van der Waals surface area (Å²) < 4.78 is 0. The standard InChI is InChI=1S/C8H9Cl.C8H14N2O.C2H6/c1-2-7-3-5-8(9)6-4-7;1-7-2-4-10(5-3-7)8(11)6-9;1-2/h3-6H,2H2,1H3;2H,3-6,9H2,1H3;1-2H3. The van der Waals surface area contributed by atoms with Crippen molar-refractivity contribution in [2.24, 2.45) is 5.73 Å². The number of amides is 1. The molecule has 0 aromatic heterocycles. The van der Waals surface area contributed by atoms with Crippen molar-refractivity contribution in [1.82, 2.24) is 4.90 Å². The van der Waals surface area contributed by atoms with E-state index in [9.17, 15) is 4.79 Å². The topological polar surface area (TPSA) is 46.3 Å². The summed E-state index contributed by atoms with van der Waals surface area (Å²) in [6.45, 7) is 9.92. The molecule has 0 unspecified atom stereocenters. The lowest BCUT2D eigenvalue weighted by atomic mass is 10.1. The third-order valence-electron chi connectivity index (χ3n) is 3.29. The Kier molecular flexibility index (Phi) is 11.5. The van der Waals surface area contributed by atoms with Crippen LogP contribution in [0.1, 0.15) is 39.7 Å². The number of benzene rings is 1. The molecule has 1 amide bonds. The molecule has 22 heavy (non-hydrogen) atoms. The molecule has 2 N–H and O–H groups in total. The van der Waals surface area contributed by atoms with Crippen molar-refractivity contribution in [1.29, 1.82) is 0 Å². The van der Waals surface area contributed by atoms with E-state index in [0.717, 1.165) is 31.0 Å². The molecule has 1 aliphatic rings. The molecular formula is C18H29ClN2O. The first-order valence-electron chi connectivity index (χ1n) is 7.94. The van der Waals surface area contributed by atoms with Crippen molar-refractivity contribution < 1.29 is 4.79 Å². The van der Waals surface area contributed by atoms with Crippen LogP contribution in [-0.2, 0) is 11.2 Å². The van der Waals surface area contributed by atoms with Crippen LogP contribution < -0.4 is 5.73 Å². The number of nitrogens with two attached hydrogens (primary N) is 1. The molecule has 0 saturated heterocycles. The number of halogens is 1. The van der Waals surface area contributed by atoms with Crippen LogP contribution in [0.2, 0.25) is 5.02 Å². The molecule has 1 heterocycles. The van der Waals surface area contributed by atoms with Gasteiger partial charge in [-0.3, -0.25) is 4.79 Å². The van der Waals surface area contributed by atoms with Crippen molar-refractivity contribution in [3.63, 3.8) is 0 Å². The SMILES string of the molecule is CC.CC1=CCN(C(=O)CN)CC1.CCc1ccc(Cl)cc1. The summed E-state index contributed by atoms with van der Waals surface area (Å²) >= 11 is 5.67. The van der Waals surface area contributed by atoms with Gasteiger partial charge in [-0.2, -0.15) is 0 Å². The van der Waals surface area contributed by atoms with Gasteiger partial charge in [-0.1, -0.05) is 56.2 Å². The van der Waals surface area contributed by atoms with Gasteiger partial charge in [-0.25, -0.2) is 0 Å². The van der Waals surface area contributed by atoms with Crippen molar-refractivity contribution in [3.8, 4) is 0 Å². The normalized spacial score (nSPS) is 13.2. The quantitative estimate of drug-likeness (QED) is 0.834. The summed E-state index contributed by atoms with van der Waals surface area (Å²) in [5.74, 6) is 0.0498. The molecule has 2 rings (SSSR count). The molecule has 0 atom stereocenters. The molecular weight excluding hydrogens is 296 g/mol. The van der Waals surface area contributed by atoms with Gasteiger partial charge in [0.05, 0.1) is 6.54 Å². The van der Waals surface area contributed by atoms with Crippen molar-refractivity contribution >= 4 is 17.5 Å². The Hall–Kier alpha value is -1.32. The monoisotopic (exact) mass is 324 g/mol. The lowest BCUT2D eigenvalue weighted by molar-refractivity contribution is -0.129. The number of aryl methyl sites for hydroxylation is 1. The van der Waals surface area contributed by atoms with E-state index < -0.39 is 0 Å². The molecule has 4 heteroatoms. The first-order chi connectivity index (χ1) is 10.6. The molecule has 0 radical (unpaired) electrons. The number of hydrogen-bond acceptors (Lipinski definition) is 2. The summed E-state index contributed by atoms with van der Waals surface area (Å²) in [7, 11) is 0. The lowest BCUT2D eigenvalue weighted by Gasteiger charge is -2.24. The number of carbonyl (C=O) groups excluding carboxylic acids is 1. The minimum Gasteiger partial charge on any atom is -0.338 e. The van der Waals surface area contributed by atoms with Gasteiger partial charge in [-0.15, -0.1) is 0 Å². The third-order valence-corrected chi connectivity index (χ3v) is 3.54. The molecule has 1 aliphatic heterocycles. The number of carbonyl (C=O) groups is 1. The minimum atomic E-state index is 0.0498. The number of hydrogen-bond donors (Lipinski definition) is 1. The number of nitrogens with zero attached hydrogens (tertiary/aromatic N) is 1. The smallest absolute Gasteiger partial charge is 0.236 e. The summed E-state index contributed by atoms with van der Waals surface area (Å²) in [6, 6.07) is 7.92. The fourth-order valence-corrected chi connectivity index (χ4v) is 1.97. The lowest BCUT2D eigenvalue weighted by Crippen LogP contribution is -2.38. The highest BCUT2D eigenvalue weighted by Gasteiger charge is 2.13. The van der Waals surface area contributed by atoms with Crippen LogP contribution in [-0.4, -0.2) is 30.4 Å². The fraction of sp³-hybridized carbons (Fsp3) is 0.500. The van der Waals surface area contributed by atoms with E-state index in [1.807, 2.05) is 38.1 Å². The van der Waals surface area contributed by atoms with E-state index in [0.29, 0.717) is 0 Å². The first kappa shape index (κ1) is 20.7. The average molecular weight is 325 g/mol. The van der Waals surface area contributed by atoms with Crippen LogP contribution in [0.25, 0.3) is 0 Å². The predicted molar refractivity (Wildman–Crippen MR) is 96.2 cm³/mol. The van der Waals surface area contributed by atoms with Crippen molar-refractivity contribution in [3.05, 3.63) is 46.5 Å². The van der Waals surface area contributed by atoms with Gasteiger partial charge < -0.3 is 10.6 Å². The first-order valence-corrected chi connectivity index (χ1v) is 8.32. The maximum Gasteiger partial charge on any atom is 0.236 e. The van der Waals surface area contributed by atoms with Crippen molar-refractivity contribution in [2.45, 2.75) is 40.5 Å². The highest BCUT2D eigenvalue weighted by Crippen LogP contribution is 2.09. The van der Waals surface area contributed by atoms with Gasteiger partial charge in [-0.05, 0) is 37.5 Å². The van der Waals surface area contributed by atoms with Gasteiger partial charge in [0.15, 0.2) is 0 Å². The van der Waals surface area contributed by atoms with Gasteiger partial charge in [0.1, 0.15) is 0 Å². The Bertz CT molecular complexity index is 455. The zero-order valence-corrected chi connectivity index (χ0v) is 15.0. The zero-order valence-electron chi connectivity index (χ0n) is 14.2. The molecule has 124 valence electrons. The minimum absolute atomic E-state index is 0.0498. The fourth-order valence-electron chi connectivity index (χ4n) is 1.85. The Morgan fingerprint density at radius 2 is 1.86 bits per heavy atom. The molecule has 0 fully saturated rings. The predicted octanol–water partition coefficient (Wildman–Crippen LogP) is 4.05. The van der Waals surface area contributed by atoms with Crippen LogP contribution in [0, 0.1) is 0 Å². The Labute approximate surface area is 140 Å². The highest BCUT2D eigenvalue weighted by molar-refractivity contribution is 6.30. The van der Waals surface area contributed by atoms with Crippen LogP contribution >= 0.6 is 11.6 Å². The van der Waals surface area contributed by atoms with Gasteiger partial charge >= 0.3 is 0 Å².